The van der Waals surface area contributed by atoms with Crippen LogP contribution in [-0.2, 0) is 16.1 Å². The first-order chi connectivity index (χ1) is 16.0. The summed E-state index contributed by atoms with van der Waals surface area (Å²) in [7, 11) is 3.93. The minimum atomic E-state index is -0.583. The van der Waals surface area contributed by atoms with Crippen molar-refractivity contribution in [3.05, 3.63) is 41.7 Å². The molecule has 2 N–H and O–H groups in total. The Morgan fingerprint density at radius 3 is 2.76 bits per heavy atom. The van der Waals surface area contributed by atoms with Crippen LogP contribution in [0.1, 0.15) is 42.7 Å². The predicted octanol–water partition coefficient (Wildman–Crippen LogP) is 2.79. The van der Waals surface area contributed by atoms with Gasteiger partial charge in [0.25, 0.3) is 0 Å². The van der Waals surface area contributed by atoms with Crippen LogP contribution in [0.3, 0.4) is 0 Å². The molecule has 1 aromatic carbocycles. The number of carbonyl (C=O) groups excluding carboxylic acids is 2. The van der Waals surface area contributed by atoms with Crippen molar-refractivity contribution in [2.75, 3.05) is 44.4 Å². The molecule has 2 aliphatic heterocycles. The van der Waals surface area contributed by atoms with Crippen LogP contribution >= 0.6 is 0 Å². The number of hydrogen-bond acceptors (Lipinski definition) is 7. The van der Waals surface area contributed by atoms with E-state index in [2.05, 4.69) is 43.6 Å². The molecule has 1 aromatic heterocycles. The normalized spacial score (nSPS) is 20.7. The van der Waals surface area contributed by atoms with Gasteiger partial charge in [0.1, 0.15) is 23.9 Å². The number of aromatic nitrogens is 2. The third kappa shape index (κ3) is 5.73. The Labute approximate surface area is 194 Å². The van der Waals surface area contributed by atoms with Gasteiger partial charge in [-0.15, -0.1) is 0 Å². The van der Waals surface area contributed by atoms with E-state index in [9.17, 15) is 9.59 Å². The summed E-state index contributed by atoms with van der Waals surface area (Å²) >= 11 is 0. The fourth-order valence-electron chi connectivity index (χ4n) is 4.18. The van der Waals surface area contributed by atoms with Crippen molar-refractivity contribution >= 4 is 35.4 Å². The van der Waals surface area contributed by atoms with Gasteiger partial charge in [-0.05, 0) is 44.1 Å². The van der Waals surface area contributed by atoms with Crippen molar-refractivity contribution in [3.63, 3.8) is 0 Å². The number of nitrogens with one attached hydrogen (secondary N) is 2. The van der Waals surface area contributed by atoms with Gasteiger partial charge >= 0.3 is 0 Å². The van der Waals surface area contributed by atoms with E-state index in [1.165, 1.54) is 11.9 Å². The van der Waals surface area contributed by atoms with E-state index < -0.39 is 5.92 Å². The Hall–Kier alpha value is -3.33. The van der Waals surface area contributed by atoms with Gasteiger partial charge in [-0.2, -0.15) is 0 Å². The van der Waals surface area contributed by atoms with Gasteiger partial charge in [0, 0.05) is 39.3 Å². The molecule has 0 saturated carbocycles. The molecule has 4 rings (SSSR count). The standard InChI is InChI=1S/C24H31N7O2/c1-30-11-5-3-4-9-20(32)31(2)12-10-25-22-21-19(24(33)29-23(21)28-16-27-22)14-26-18-8-6-7-17(13-18)15-30/h6-8,13-14,16,19H,3-5,9-12,15H2,1-2H3,(H2,25,27,28,29,33). The van der Waals surface area contributed by atoms with Crippen molar-refractivity contribution in [3.8, 4) is 0 Å². The third-order valence-electron chi connectivity index (χ3n) is 6.05. The minimum Gasteiger partial charge on any atom is -0.368 e. The Morgan fingerprint density at radius 1 is 1.03 bits per heavy atom. The fraction of sp³-hybridized carbons (Fsp3) is 0.458. The van der Waals surface area contributed by atoms with Crippen LogP contribution < -0.4 is 10.6 Å². The lowest BCUT2D eigenvalue weighted by molar-refractivity contribution is -0.129. The molecule has 2 aromatic rings. The summed E-state index contributed by atoms with van der Waals surface area (Å²) in [6, 6.07) is 8.06. The van der Waals surface area contributed by atoms with E-state index >= 15 is 0 Å². The number of amides is 2. The van der Waals surface area contributed by atoms with Gasteiger partial charge in [0.05, 0.1) is 11.3 Å². The van der Waals surface area contributed by atoms with E-state index in [-0.39, 0.29) is 11.8 Å². The summed E-state index contributed by atoms with van der Waals surface area (Å²) in [5.74, 6) is 0.463. The molecule has 0 fully saturated rings. The number of carbonyl (C=O) groups is 2. The number of rotatable bonds is 0. The highest BCUT2D eigenvalue weighted by Gasteiger charge is 2.33. The van der Waals surface area contributed by atoms with Crippen molar-refractivity contribution in [2.45, 2.75) is 38.1 Å². The third-order valence-corrected chi connectivity index (χ3v) is 6.05. The molecule has 2 bridgehead atoms. The molecule has 0 radical (unpaired) electrons. The predicted molar refractivity (Wildman–Crippen MR) is 129 cm³/mol. The molecule has 33 heavy (non-hydrogen) atoms. The largest absolute Gasteiger partial charge is 0.368 e. The second-order valence-electron chi connectivity index (χ2n) is 8.69. The smallest absolute Gasteiger partial charge is 0.238 e. The highest BCUT2D eigenvalue weighted by Crippen LogP contribution is 2.34. The highest BCUT2D eigenvalue weighted by molar-refractivity contribution is 6.13. The average Bonchev–Trinajstić information content (AvgIpc) is 3.12. The summed E-state index contributed by atoms with van der Waals surface area (Å²) in [5.41, 5.74) is 2.66. The molecule has 0 aliphatic carbocycles. The number of nitrogens with zero attached hydrogens (tertiary/aromatic N) is 5. The molecule has 2 aliphatic rings. The monoisotopic (exact) mass is 449 g/mol. The molecule has 1 unspecified atom stereocenters. The summed E-state index contributed by atoms with van der Waals surface area (Å²) in [4.78, 5) is 42.3. The lowest BCUT2D eigenvalue weighted by Gasteiger charge is -2.19. The van der Waals surface area contributed by atoms with Crippen molar-refractivity contribution in [1.82, 2.24) is 19.8 Å². The van der Waals surface area contributed by atoms with Crippen molar-refractivity contribution in [2.24, 2.45) is 4.99 Å². The van der Waals surface area contributed by atoms with Gasteiger partial charge in [-0.25, -0.2) is 9.97 Å². The number of aliphatic imine (C=N–C) groups is 1. The number of hydrogen-bond donors (Lipinski definition) is 2. The lowest BCUT2D eigenvalue weighted by Crippen LogP contribution is -2.31. The zero-order valence-electron chi connectivity index (χ0n) is 19.3. The van der Waals surface area contributed by atoms with E-state index in [1.807, 2.05) is 25.2 Å². The second-order valence-corrected chi connectivity index (χ2v) is 8.69. The summed E-state index contributed by atoms with van der Waals surface area (Å²) in [5, 5.41) is 6.09. The van der Waals surface area contributed by atoms with Crippen LogP contribution in [0, 0.1) is 0 Å². The maximum atomic E-state index is 12.6. The maximum Gasteiger partial charge on any atom is 0.238 e. The number of benzene rings is 1. The second kappa shape index (κ2) is 10.5. The molecular weight excluding hydrogens is 418 g/mol. The van der Waals surface area contributed by atoms with Gasteiger partial charge in [0.15, 0.2) is 0 Å². The number of likely N-dealkylation sites (N-methyl/N-ethyl adjacent to an activating group) is 1. The van der Waals surface area contributed by atoms with Gasteiger partial charge < -0.3 is 20.4 Å². The SMILES string of the molecule is CN1CCCCCC(=O)N(C)CCNc2ncnc3c2C(C=Nc2cccc(c2)C1)C(=O)N3. The zero-order chi connectivity index (χ0) is 23.2. The van der Waals surface area contributed by atoms with E-state index in [4.69, 9.17) is 0 Å². The first-order valence-electron chi connectivity index (χ1n) is 11.5. The Kier molecular flexibility index (Phi) is 7.29. The lowest BCUT2D eigenvalue weighted by atomic mass is 10.0. The fourth-order valence-corrected chi connectivity index (χ4v) is 4.18. The Morgan fingerprint density at radius 2 is 1.88 bits per heavy atom. The molecule has 0 spiro atoms. The van der Waals surface area contributed by atoms with Crippen LogP contribution in [0.5, 0.6) is 0 Å². The van der Waals surface area contributed by atoms with Crippen LogP contribution in [0.2, 0.25) is 0 Å². The minimum absolute atomic E-state index is 0.145. The maximum absolute atomic E-state index is 12.6. The first kappa shape index (κ1) is 22.8. The number of fused-ring (bicyclic) bond motifs is 2. The summed E-state index contributed by atoms with van der Waals surface area (Å²) < 4.78 is 0. The summed E-state index contributed by atoms with van der Waals surface area (Å²) in [6.45, 7) is 2.87. The molecule has 0 saturated heterocycles. The van der Waals surface area contributed by atoms with E-state index in [0.717, 1.165) is 38.0 Å². The van der Waals surface area contributed by atoms with Crippen molar-refractivity contribution < 1.29 is 9.59 Å². The number of anilines is 2. The van der Waals surface area contributed by atoms with Crippen LogP contribution in [0.4, 0.5) is 17.3 Å². The molecular formula is C24H31N7O2. The topological polar surface area (TPSA) is 103 Å². The molecule has 2 amide bonds. The summed E-state index contributed by atoms with van der Waals surface area (Å²) in [6.07, 6.45) is 6.62. The zero-order valence-corrected chi connectivity index (χ0v) is 19.3. The Balaban J connectivity index is 1.60. The van der Waals surface area contributed by atoms with Crippen molar-refractivity contribution in [1.29, 1.82) is 0 Å². The molecule has 174 valence electrons. The highest BCUT2D eigenvalue weighted by atomic mass is 16.2. The molecule has 9 nitrogen and oxygen atoms in total. The van der Waals surface area contributed by atoms with Crippen LogP contribution in [0.15, 0.2) is 35.6 Å². The quantitative estimate of drug-likeness (QED) is 0.641. The van der Waals surface area contributed by atoms with E-state index in [1.54, 1.807) is 11.1 Å². The molecule has 9 heteroatoms. The van der Waals surface area contributed by atoms with Crippen LogP contribution in [0.25, 0.3) is 0 Å². The van der Waals surface area contributed by atoms with E-state index in [0.29, 0.717) is 36.7 Å². The van der Waals surface area contributed by atoms with Gasteiger partial charge in [0.2, 0.25) is 11.8 Å². The first-order valence-corrected chi connectivity index (χ1v) is 11.5. The van der Waals surface area contributed by atoms with Gasteiger partial charge in [-0.3, -0.25) is 14.6 Å². The molecule has 1 atom stereocenters. The van der Waals surface area contributed by atoms with Gasteiger partial charge in [-0.1, -0.05) is 18.6 Å². The Bertz CT molecular complexity index is 1040. The van der Waals surface area contributed by atoms with Crippen LogP contribution in [-0.4, -0.2) is 71.5 Å². The average molecular weight is 450 g/mol. The molecule has 3 heterocycles.